The van der Waals surface area contributed by atoms with E-state index in [4.69, 9.17) is 0 Å². The standard InChI is InChI=1S/C10H13BrN2O2S/c1-10(9(14)15)3-2-4-13(10)5-7-8(11)16-6-12-7/h6H,2-5H2,1H3,(H,14,15). The molecule has 1 atom stereocenters. The third kappa shape index (κ3) is 2.01. The lowest BCUT2D eigenvalue weighted by molar-refractivity contribution is -0.148. The van der Waals surface area contributed by atoms with E-state index in [2.05, 4.69) is 20.9 Å². The minimum Gasteiger partial charge on any atom is -0.480 e. The average molecular weight is 305 g/mol. The first-order chi connectivity index (χ1) is 7.54. The Hall–Kier alpha value is -0.460. The second kappa shape index (κ2) is 4.43. The van der Waals surface area contributed by atoms with Crippen LogP contribution in [0.4, 0.5) is 0 Å². The zero-order valence-electron chi connectivity index (χ0n) is 8.94. The van der Waals surface area contributed by atoms with E-state index in [-0.39, 0.29) is 0 Å². The van der Waals surface area contributed by atoms with Gasteiger partial charge in [-0.1, -0.05) is 0 Å². The zero-order valence-corrected chi connectivity index (χ0v) is 11.3. The van der Waals surface area contributed by atoms with Crippen LogP contribution in [0, 0.1) is 0 Å². The van der Waals surface area contributed by atoms with Crippen molar-refractivity contribution in [2.45, 2.75) is 31.8 Å². The first kappa shape index (κ1) is 12.0. The van der Waals surface area contributed by atoms with Crippen molar-refractivity contribution in [3.8, 4) is 0 Å². The molecular weight excluding hydrogens is 292 g/mol. The maximum absolute atomic E-state index is 11.3. The lowest BCUT2D eigenvalue weighted by atomic mass is 9.99. The summed E-state index contributed by atoms with van der Waals surface area (Å²) >= 11 is 4.96. The molecule has 1 aliphatic heterocycles. The molecule has 0 radical (unpaired) electrons. The number of hydrogen-bond donors (Lipinski definition) is 1. The van der Waals surface area contributed by atoms with Gasteiger partial charge >= 0.3 is 5.97 Å². The Morgan fingerprint density at radius 2 is 2.56 bits per heavy atom. The number of aromatic nitrogens is 1. The number of likely N-dealkylation sites (tertiary alicyclic amines) is 1. The predicted octanol–water partition coefficient (Wildman–Crippen LogP) is 2.34. The Balaban J connectivity index is 2.16. The topological polar surface area (TPSA) is 53.4 Å². The Kier molecular flexibility index (Phi) is 3.32. The van der Waals surface area contributed by atoms with Crippen LogP contribution in [0.1, 0.15) is 25.5 Å². The van der Waals surface area contributed by atoms with Crippen molar-refractivity contribution in [2.24, 2.45) is 0 Å². The second-order valence-corrected chi connectivity index (χ2v) is 6.35. The zero-order chi connectivity index (χ0) is 11.8. The Morgan fingerprint density at radius 1 is 1.81 bits per heavy atom. The normalized spacial score (nSPS) is 26.1. The third-order valence-electron chi connectivity index (χ3n) is 3.18. The van der Waals surface area contributed by atoms with Gasteiger partial charge in [0.05, 0.1) is 15.0 Å². The van der Waals surface area contributed by atoms with Gasteiger partial charge in [-0.25, -0.2) is 4.98 Å². The van der Waals surface area contributed by atoms with Crippen LogP contribution >= 0.6 is 27.3 Å². The SMILES string of the molecule is CC1(C(=O)O)CCCN1Cc1ncsc1Br. The van der Waals surface area contributed by atoms with Gasteiger partial charge in [-0.05, 0) is 42.2 Å². The molecule has 1 fully saturated rings. The van der Waals surface area contributed by atoms with E-state index in [9.17, 15) is 9.90 Å². The molecule has 6 heteroatoms. The van der Waals surface area contributed by atoms with Crippen LogP contribution in [0.2, 0.25) is 0 Å². The van der Waals surface area contributed by atoms with Gasteiger partial charge < -0.3 is 5.11 Å². The molecule has 0 amide bonds. The van der Waals surface area contributed by atoms with Crippen LogP contribution in [-0.2, 0) is 11.3 Å². The van der Waals surface area contributed by atoms with E-state index < -0.39 is 11.5 Å². The van der Waals surface area contributed by atoms with E-state index in [1.54, 1.807) is 12.4 Å². The first-order valence-electron chi connectivity index (χ1n) is 5.10. The van der Waals surface area contributed by atoms with Gasteiger partial charge in [-0.3, -0.25) is 9.69 Å². The van der Waals surface area contributed by atoms with Crippen LogP contribution < -0.4 is 0 Å². The molecule has 1 unspecified atom stereocenters. The Bertz CT molecular complexity index is 409. The maximum Gasteiger partial charge on any atom is 0.323 e. The quantitative estimate of drug-likeness (QED) is 0.931. The van der Waals surface area contributed by atoms with Gasteiger partial charge in [0.15, 0.2) is 0 Å². The number of carbonyl (C=O) groups is 1. The van der Waals surface area contributed by atoms with Crippen molar-refractivity contribution in [1.82, 2.24) is 9.88 Å². The molecule has 1 aromatic rings. The largest absolute Gasteiger partial charge is 0.480 e. The number of halogens is 1. The predicted molar refractivity (Wildman–Crippen MR) is 65.5 cm³/mol. The molecule has 2 heterocycles. The van der Waals surface area contributed by atoms with Gasteiger partial charge in [0.25, 0.3) is 0 Å². The molecule has 16 heavy (non-hydrogen) atoms. The molecule has 0 aliphatic carbocycles. The average Bonchev–Trinajstić information content (AvgIpc) is 2.77. The molecule has 1 aromatic heterocycles. The summed E-state index contributed by atoms with van der Waals surface area (Å²) in [4.78, 5) is 17.5. The summed E-state index contributed by atoms with van der Waals surface area (Å²) in [6.07, 6.45) is 1.65. The number of carboxylic acid groups (broad SMARTS) is 1. The molecule has 0 spiro atoms. The van der Waals surface area contributed by atoms with Crippen molar-refractivity contribution in [2.75, 3.05) is 6.54 Å². The van der Waals surface area contributed by atoms with Gasteiger partial charge in [0.1, 0.15) is 5.54 Å². The molecule has 0 aromatic carbocycles. The van der Waals surface area contributed by atoms with Crippen LogP contribution in [0.5, 0.6) is 0 Å². The van der Waals surface area contributed by atoms with Crippen LogP contribution in [0.3, 0.4) is 0 Å². The monoisotopic (exact) mass is 304 g/mol. The fourth-order valence-corrected chi connectivity index (χ4v) is 3.06. The highest BCUT2D eigenvalue weighted by Gasteiger charge is 2.43. The van der Waals surface area contributed by atoms with Gasteiger partial charge in [0, 0.05) is 6.54 Å². The minimum absolute atomic E-state index is 0.604. The molecule has 0 bridgehead atoms. The highest BCUT2D eigenvalue weighted by atomic mass is 79.9. The molecule has 1 N–H and O–H groups in total. The summed E-state index contributed by atoms with van der Waals surface area (Å²) in [7, 11) is 0. The molecule has 4 nitrogen and oxygen atoms in total. The fourth-order valence-electron chi connectivity index (χ4n) is 2.05. The Labute approximate surface area is 106 Å². The first-order valence-corrected chi connectivity index (χ1v) is 6.77. The number of rotatable bonds is 3. The summed E-state index contributed by atoms with van der Waals surface area (Å²) in [5.74, 6) is -0.739. The summed E-state index contributed by atoms with van der Waals surface area (Å²) in [6, 6.07) is 0. The van der Waals surface area contributed by atoms with Crippen molar-refractivity contribution in [3.05, 3.63) is 15.0 Å². The summed E-state index contributed by atoms with van der Waals surface area (Å²) < 4.78 is 0.993. The number of hydrogen-bond acceptors (Lipinski definition) is 4. The van der Waals surface area contributed by atoms with Gasteiger partial charge in [-0.15, -0.1) is 11.3 Å². The van der Waals surface area contributed by atoms with Crippen molar-refractivity contribution in [3.63, 3.8) is 0 Å². The van der Waals surface area contributed by atoms with Crippen LogP contribution in [0.15, 0.2) is 9.30 Å². The smallest absolute Gasteiger partial charge is 0.323 e. The molecule has 2 rings (SSSR count). The second-order valence-electron chi connectivity index (χ2n) is 4.18. The van der Waals surface area contributed by atoms with Crippen molar-refractivity contribution in [1.29, 1.82) is 0 Å². The summed E-state index contributed by atoms with van der Waals surface area (Å²) in [5.41, 5.74) is 1.97. The maximum atomic E-state index is 11.3. The van der Waals surface area contributed by atoms with Gasteiger partial charge in [0.2, 0.25) is 0 Å². The van der Waals surface area contributed by atoms with Crippen LogP contribution in [-0.4, -0.2) is 33.0 Å². The van der Waals surface area contributed by atoms with Crippen molar-refractivity contribution >= 4 is 33.2 Å². The highest BCUT2D eigenvalue weighted by molar-refractivity contribution is 9.11. The Morgan fingerprint density at radius 3 is 3.12 bits per heavy atom. The number of thiazole rings is 1. The number of aliphatic carboxylic acids is 1. The van der Waals surface area contributed by atoms with Gasteiger partial charge in [-0.2, -0.15) is 0 Å². The molecule has 88 valence electrons. The number of carboxylic acids is 1. The van der Waals surface area contributed by atoms with Crippen LogP contribution in [0.25, 0.3) is 0 Å². The van der Waals surface area contributed by atoms with E-state index >= 15 is 0 Å². The highest BCUT2D eigenvalue weighted by Crippen LogP contribution is 2.32. The minimum atomic E-state index is -0.739. The van der Waals surface area contributed by atoms with E-state index in [1.807, 2.05) is 4.90 Å². The lowest BCUT2D eigenvalue weighted by Gasteiger charge is -2.30. The number of nitrogens with zero attached hydrogens (tertiary/aromatic N) is 2. The fraction of sp³-hybridized carbons (Fsp3) is 0.600. The third-order valence-corrected chi connectivity index (χ3v) is 4.85. The van der Waals surface area contributed by atoms with E-state index in [0.29, 0.717) is 13.0 Å². The molecular formula is C10H13BrN2O2S. The summed E-state index contributed by atoms with van der Waals surface area (Å²) in [6.45, 7) is 3.22. The van der Waals surface area contributed by atoms with Crippen molar-refractivity contribution < 1.29 is 9.90 Å². The van der Waals surface area contributed by atoms with E-state index in [0.717, 1.165) is 22.4 Å². The molecule has 1 saturated heterocycles. The molecule has 1 aliphatic rings. The molecule has 0 saturated carbocycles. The summed E-state index contributed by atoms with van der Waals surface area (Å²) in [5, 5.41) is 9.27. The van der Waals surface area contributed by atoms with E-state index in [1.165, 1.54) is 11.3 Å². The lowest BCUT2D eigenvalue weighted by Crippen LogP contribution is -2.47.